The normalized spacial score (nSPS) is 11.4. The van der Waals surface area contributed by atoms with E-state index in [4.69, 9.17) is 20.4 Å². The molecule has 0 fully saturated rings. The van der Waals surface area contributed by atoms with Crippen LogP contribution in [0.5, 0.6) is 5.88 Å². The molecule has 0 atom stereocenters. The largest absolute Gasteiger partial charge is 0.476 e. The topological polar surface area (TPSA) is 103 Å². The molecule has 0 aliphatic rings. The maximum absolute atomic E-state index is 8.54. The van der Waals surface area contributed by atoms with Gasteiger partial charge in [0.1, 0.15) is 0 Å². The zero-order valence-corrected chi connectivity index (χ0v) is 8.96. The predicted molar refractivity (Wildman–Crippen MR) is 56.5 cm³/mol. The molecule has 1 heterocycles. The minimum Gasteiger partial charge on any atom is -0.476 e. The van der Waals surface area contributed by atoms with Gasteiger partial charge < -0.3 is 20.4 Å². The number of hydrogen-bond donors (Lipinski definition) is 2. The Bertz CT molecular complexity index is 356. The minimum absolute atomic E-state index is 0.130. The van der Waals surface area contributed by atoms with Crippen molar-refractivity contribution in [1.29, 1.82) is 0 Å². The maximum atomic E-state index is 8.54. The van der Waals surface area contributed by atoms with Crippen LogP contribution in [0.4, 0.5) is 0 Å². The van der Waals surface area contributed by atoms with Gasteiger partial charge in [-0.3, -0.25) is 0 Å². The van der Waals surface area contributed by atoms with Crippen molar-refractivity contribution in [2.75, 3.05) is 20.3 Å². The lowest BCUT2D eigenvalue weighted by atomic mass is 10.4. The highest BCUT2D eigenvalue weighted by molar-refractivity contribution is 5.97. The second-order valence-corrected chi connectivity index (χ2v) is 2.89. The summed E-state index contributed by atoms with van der Waals surface area (Å²) < 4.78 is 10.2. The van der Waals surface area contributed by atoms with Gasteiger partial charge in [-0.2, -0.15) is 0 Å². The van der Waals surface area contributed by atoms with E-state index in [0.29, 0.717) is 13.2 Å². The average molecular weight is 226 g/mol. The molecule has 0 saturated heterocycles. The summed E-state index contributed by atoms with van der Waals surface area (Å²) in [6.45, 7) is 1.03. The quantitative estimate of drug-likeness (QED) is 0.232. The van der Waals surface area contributed by atoms with Crippen LogP contribution in [0.1, 0.15) is 12.1 Å². The lowest BCUT2D eigenvalue weighted by molar-refractivity contribution is 0.170. The van der Waals surface area contributed by atoms with Crippen molar-refractivity contribution in [3.8, 4) is 5.88 Å². The summed E-state index contributed by atoms with van der Waals surface area (Å²) in [5.41, 5.74) is 5.64. The lowest BCUT2D eigenvalue weighted by Gasteiger charge is -2.07. The van der Waals surface area contributed by atoms with E-state index < -0.39 is 0 Å². The van der Waals surface area contributed by atoms with Crippen LogP contribution in [-0.2, 0) is 4.74 Å². The number of methoxy groups -OCH3 is 1. The molecule has 3 N–H and O–H groups in total. The van der Waals surface area contributed by atoms with Crippen LogP contribution in [0.2, 0.25) is 0 Å². The Balaban J connectivity index is 2.64. The summed E-state index contributed by atoms with van der Waals surface area (Å²) in [6.07, 6.45) is 3.64. The van der Waals surface area contributed by atoms with Gasteiger partial charge in [0.15, 0.2) is 11.5 Å². The summed E-state index contributed by atoms with van der Waals surface area (Å²) in [4.78, 5) is 7.86. The van der Waals surface area contributed by atoms with Gasteiger partial charge in [0.2, 0.25) is 5.88 Å². The number of nitrogens with zero attached hydrogens (tertiary/aromatic N) is 3. The average Bonchev–Trinajstić information content (AvgIpc) is 2.34. The van der Waals surface area contributed by atoms with Crippen LogP contribution in [0.3, 0.4) is 0 Å². The Morgan fingerprint density at radius 3 is 2.88 bits per heavy atom. The standard InChI is InChI=1S/C9H14N4O3/c1-15-5-2-6-16-9-7(8(10)13-14)11-3-4-12-9/h3-4,14H,2,5-6H2,1H3,(H2,10,13). The molecule has 1 aromatic rings. The fourth-order valence-electron chi connectivity index (χ4n) is 1.03. The van der Waals surface area contributed by atoms with E-state index in [1.807, 2.05) is 0 Å². The first-order chi connectivity index (χ1) is 7.79. The van der Waals surface area contributed by atoms with Crippen molar-refractivity contribution in [2.24, 2.45) is 10.9 Å². The van der Waals surface area contributed by atoms with Crippen LogP contribution >= 0.6 is 0 Å². The number of ether oxygens (including phenoxy) is 2. The molecule has 0 amide bonds. The van der Waals surface area contributed by atoms with E-state index in [-0.39, 0.29) is 17.4 Å². The van der Waals surface area contributed by atoms with Crippen molar-refractivity contribution in [2.45, 2.75) is 6.42 Å². The molecular weight excluding hydrogens is 212 g/mol. The third-order valence-corrected chi connectivity index (χ3v) is 1.75. The smallest absolute Gasteiger partial charge is 0.243 e. The number of amidine groups is 1. The molecule has 0 aromatic carbocycles. The highest BCUT2D eigenvalue weighted by Crippen LogP contribution is 2.10. The molecule has 0 radical (unpaired) electrons. The Kier molecular flexibility index (Phi) is 5.00. The summed E-state index contributed by atoms with van der Waals surface area (Å²) >= 11 is 0. The number of nitrogens with two attached hydrogens (primary N) is 1. The molecule has 88 valence electrons. The number of rotatable bonds is 6. The van der Waals surface area contributed by atoms with Gasteiger partial charge in [-0.15, -0.1) is 0 Å². The van der Waals surface area contributed by atoms with Crippen molar-refractivity contribution in [1.82, 2.24) is 9.97 Å². The van der Waals surface area contributed by atoms with Crippen LogP contribution in [0, 0.1) is 0 Å². The van der Waals surface area contributed by atoms with Crippen LogP contribution in [0.15, 0.2) is 17.5 Å². The van der Waals surface area contributed by atoms with E-state index >= 15 is 0 Å². The Morgan fingerprint density at radius 1 is 1.44 bits per heavy atom. The highest BCUT2D eigenvalue weighted by Gasteiger charge is 2.10. The van der Waals surface area contributed by atoms with Gasteiger partial charge in [-0.05, 0) is 0 Å². The molecule has 7 nitrogen and oxygen atoms in total. The first kappa shape index (κ1) is 12.2. The second kappa shape index (κ2) is 6.57. The van der Waals surface area contributed by atoms with Crippen molar-refractivity contribution < 1.29 is 14.7 Å². The van der Waals surface area contributed by atoms with Gasteiger partial charge in [-0.1, -0.05) is 5.16 Å². The van der Waals surface area contributed by atoms with Crippen molar-refractivity contribution in [3.05, 3.63) is 18.1 Å². The van der Waals surface area contributed by atoms with E-state index in [9.17, 15) is 0 Å². The molecule has 0 bridgehead atoms. The Hall–Kier alpha value is -1.89. The Morgan fingerprint density at radius 2 is 2.19 bits per heavy atom. The maximum Gasteiger partial charge on any atom is 0.243 e. The Labute approximate surface area is 92.9 Å². The second-order valence-electron chi connectivity index (χ2n) is 2.89. The van der Waals surface area contributed by atoms with E-state index in [2.05, 4.69) is 15.1 Å². The van der Waals surface area contributed by atoms with Gasteiger partial charge in [0.05, 0.1) is 6.61 Å². The summed E-state index contributed by atoms with van der Waals surface area (Å²) in [6, 6.07) is 0. The molecule has 7 heteroatoms. The van der Waals surface area contributed by atoms with Gasteiger partial charge >= 0.3 is 0 Å². The van der Waals surface area contributed by atoms with Crippen molar-refractivity contribution in [3.63, 3.8) is 0 Å². The SMILES string of the molecule is COCCCOc1nccnc1C(N)=NO. The first-order valence-electron chi connectivity index (χ1n) is 4.70. The van der Waals surface area contributed by atoms with Crippen molar-refractivity contribution >= 4 is 5.84 Å². The number of oxime groups is 1. The molecule has 16 heavy (non-hydrogen) atoms. The molecule has 0 aliphatic heterocycles. The van der Waals surface area contributed by atoms with Crippen LogP contribution in [0.25, 0.3) is 0 Å². The van der Waals surface area contributed by atoms with Crippen LogP contribution < -0.4 is 10.5 Å². The van der Waals surface area contributed by atoms with E-state index in [1.54, 1.807) is 7.11 Å². The molecule has 0 spiro atoms. The van der Waals surface area contributed by atoms with Gasteiger partial charge in [-0.25, -0.2) is 9.97 Å². The molecule has 1 rings (SSSR count). The molecule has 0 unspecified atom stereocenters. The monoisotopic (exact) mass is 226 g/mol. The molecule has 0 aliphatic carbocycles. The first-order valence-corrected chi connectivity index (χ1v) is 4.70. The van der Waals surface area contributed by atoms with E-state index in [0.717, 1.165) is 6.42 Å². The number of hydrogen-bond acceptors (Lipinski definition) is 6. The van der Waals surface area contributed by atoms with E-state index in [1.165, 1.54) is 12.4 Å². The predicted octanol–water partition coefficient (Wildman–Crippen LogP) is -0.0136. The highest BCUT2D eigenvalue weighted by atomic mass is 16.5. The van der Waals surface area contributed by atoms with Crippen LogP contribution in [-0.4, -0.2) is 41.3 Å². The zero-order chi connectivity index (χ0) is 11.8. The molecule has 0 saturated carbocycles. The third kappa shape index (κ3) is 3.35. The van der Waals surface area contributed by atoms with Gasteiger partial charge in [0.25, 0.3) is 0 Å². The molecule has 1 aromatic heterocycles. The lowest BCUT2D eigenvalue weighted by Crippen LogP contribution is -2.18. The summed E-state index contributed by atoms with van der Waals surface area (Å²) in [5.74, 6) is 0.115. The summed E-state index contributed by atoms with van der Waals surface area (Å²) in [7, 11) is 1.62. The third-order valence-electron chi connectivity index (χ3n) is 1.75. The number of aromatic nitrogens is 2. The summed E-state index contributed by atoms with van der Waals surface area (Å²) in [5, 5.41) is 11.4. The fraction of sp³-hybridized carbons (Fsp3) is 0.444. The molecular formula is C9H14N4O3. The fourth-order valence-corrected chi connectivity index (χ4v) is 1.03. The minimum atomic E-state index is -0.130. The zero-order valence-electron chi connectivity index (χ0n) is 8.96. The van der Waals surface area contributed by atoms with Gasteiger partial charge in [0, 0.05) is 32.5 Å².